The molecule has 0 unspecified atom stereocenters. The van der Waals surface area contributed by atoms with Crippen LogP contribution >= 0.6 is 0 Å². The van der Waals surface area contributed by atoms with Gasteiger partial charge >= 0.3 is 0 Å². The van der Waals surface area contributed by atoms with Crippen LogP contribution in [0.2, 0.25) is 0 Å². The van der Waals surface area contributed by atoms with Crippen molar-refractivity contribution in [3.8, 4) is 0 Å². The van der Waals surface area contributed by atoms with E-state index in [2.05, 4.69) is 43.0 Å². The number of hydrogen-bond donors (Lipinski definition) is 1. The van der Waals surface area contributed by atoms with Crippen molar-refractivity contribution in [2.24, 2.45) is 0 Å². The molecule has 2 heteroatoms. The summed E-state index contributed by atoms with van der Waals surface area (Å²) < 4.78 is 0. The van der Waals surface area contributed by atoms with Crippen LogP contribution in [0.5, 0.6) is 0 Å². The fourth-order valence-electron chi connectivity index (χ4n) is 1.55. The number of hydrogen-bond acceptors (Lipinski definition) is 2. The Morgan fingerprint density at radius 1 is 1.19 bits per heavy atom. The Kier molecular flexibility index (Phi) is 5.83. The Morgan fingerprint density at radius 2 is 1.88 bits per heavy atom. The van der Waals surface area contributed by atoms with Gasteiger partial charge in [0.05, 0.1) is 0 Å². The molecule has 0 aliphatic carbocycles. The van der Waals surface area contributed by atoms with Gasteiger partial charge in [0.25, 0.3) is 0 Å². The molecule has 2 nitrogen and oxygen atoms in total. The Morgan fingerprint density at radius 3 is 2.44 bits per heavy atom. The molecule has 1 N–H and O–H groups in total. The van der Waals surface area contributed by atoms with Crippen LogP contribution in [-0.4, -0.2) is 11.9 Å². The molecular weight excluding hydrogens is 200 g/mol. The highest BCUT2D eigenvalue weighted by molar-refractivity contribution is 5.24. The van der Waals surface area contributed by atoms with Crippen molar-refractivity contribution in [1.82, 2.24) is 0 Å². The van der Waals surface area contributed by atoms with Crippen LogP contribution in [-0.2, 0) is 11.3 Å². The van der Waals surface area contributed by atoms with Crippen molar-refractivity contribution < 1.29 is 10.1 Å². The minimum absolute atomic E-state index is 0.270. The number of allylic oxidation sites excluding steroid dienone is 1. The van der Waals surface area contributed by atoms with Crippen molar-refractivity contribution in [1.29, 1.82) is 0 Å². The molecule has 0 fully saturated rings. The summed E-state index contributed by atoms with van der Waals surface area (Å²) in [7, 11) is 0. The standard InChI is InChI=1S/C14H20O2/c1-12(2)14-9-7-13(8-10-14)6-4-3-5-11-16-15/h3,5,7-10,12,15H,4,6,11H2,1-2H3. The van der Waals surface area contributed by atoms with Crippen LogP contribution in [0.15, 0.2) is 36.4 Å². The Hall–Kier alpha value is -1.12. The van der Waals surface area contributed by atoms with E-state index in [1.807, 2.05) is 12.2 Å². The first kappa shape index (κ1) is 12.9. The normalized spacial score (nSPS) is 11.5. The van der Waals surface area contributed by atoms with Gasteiger partial charge in [0.1, 0.15) is 6.61 Å². The lowest BCUT2D eigenvalue weighted by Crippen LogP contribution is -1.89. The minimum atomic E-state index is 0.270. The smallest absolute Gasteiger partial charge is 0.100 e. The predicted molar refractivity (Wildman–Crippen MR) is 66.6 cm³/mol. The van der Waals surface area contributed by atoms with Gasteiger partial charge in [0.15, 0.2) is 0 Å². The summed E-state index contributed by atoms with van der Waals surface area (Å²) in [5, 5.41) is 8.11. The molecule has 1 aromatic carbocycles. The van der Waals surface area contributed by atoms with Gasteiger partial charge < -0.3 is 0 Å². The minimum Gasteiger partial charge on any atom is -0.252 e. The van der Waals surface area contributed by atoms with Gasteiger partial charge in [0, 0.05) is 0 Å². The molecule has 0 spiro atoms. The summed E-state index contributed by atoms with van der Waals surface area (Å²) in [5.41, 5.74) is 2.73. The Bertz CT molecular complexity index is 312. The maximum Gasteiger partial charge on any atom is 0.100 e. The largest absolute Gasteiger partial charge is 0.252 e. The fraction of sp³-hybridized carbons (Fsp3) is 0.429. The van der Waals surface area contributed by atoms with Gasteiger partial charge in [-0.3, -0.25) is 5.26 Å². The van der Waals surface area contributed by atoms with Crippen LogP contribution in [0, 0.1) is 0 Å². The van der Waals surface area contributed by atoms with Gasteiger partial charge in [-0.2, -0.15) is 0 Å². The van der Waals surface area contributed by atoms with Crippen LogP contribution in [0.3, 0.4) is 0 Å². The van der Waals surface area contributed by atoms with Gasteiger partial charge in [0.2, 0.25) is 0 Å². The van der Waals surface area contributed by atoms with E-state index >= 15 is 0 Å². The van der Waals surface area contributed by atoms with E-state index in [0.717, 1.165) is 12.8 Å². The van der Waals surface area contributed by atoms with Crippen LogP contribution in [0.25, 0.3) is 0 Å². The molecule has 0 radical (unpaired) electrons. The summed E-state index contributed by atoms with van der Waals surface area (Å²) in [4.78, 5) is 3.95. The zero-order valence-corrected chi connectivity index (χ0v) is 10.0. The molecular formula is C14H20O2. The lowest BCUT2D eigenvalue weighted by Gasteiger charge is -2.05. The number of rotatable bonds is 6. The summed E-state index contributed by atoms with van der Waals surface area (Å²) >= 11 is 0. The molecule has 0 aliphatic rings. The van der Waals surface area contributed by atoms with E-state index in [1.54, 1.807) is 0 Å². The van der Waals surface area contributed by atoms with Crippen molar-refractivity contribution >= 4 is 0 Å². The summed E-state index contributed by atoms with van der Waals surface area (Å²) in [5.74, 6) is 0.593. The highest BCUT2D eigenvalue weighted by Crippen LogP contribution is 2.15. The number of benzene rings is 1. The van der Waals surface area contributed by atoms with Crippen molar-refractivity contribution in [2.75, 3.05) is 6.61 Å². The third-order valence-corrected chi connectivity index (χ3v) is 2.58. The SMILES string of the molecule is CC(C)c1ccc(CCC=CCOO)cc1. The predicted octanol–water partition coefficient (Wildman–Crippen LogP) is 3.79. The third kappa shape index (κ3) is 4.60. The van der Waals surface area contributed by atoms with E-state index in [4.69, 9.17) is 5.26 Å². The molecule has 0 atom stereocenters. The molecule has 88 valence electrons. The van der Waals surface area contributed by atoms with Crippen LogP contribution in [0.1, 0.15) is 37.3 Å². The van der Waals surface area contributed by atoms with Crippen molar-refractivity contribution in [3.05, 3.63) is 47.5 Å². The van der Waals surface area contributed by atoms with Gasteiger partial charge in [-0.05, 0) is 29.9 Å². The third-order valence-electron chi connectivity index (χ3n) is 2.58. The Labute approximate surface area is 97.5 Å². The summed E-state index contributed by atoms with van der Waals surface area (Å²) in [6.45, 7) is 4.67. The molecule has 16 heavy (non-hydrogen) atoms. The van der Waals surface area contributed by atoms with Gasteiger partial charge in [-0.15, -0.1) is 0 Å². The zero-order valence-electron chi connectivity index (χ0n) is 10.0. The molecule has 1 rings (SSSR count). The van der Waals surface area contributed by atoms with E-state index < -0.39 is 0 Å². The first-order valence-electron chi connectivity index (χ1n) is 5.74. The summed E-state index contributed by atoms with van der Waals surface area (Å²) in [6.07, 6.45) is 5.85. The molecule has 0 heterocycles. The average Bonchev–Trinajstić information content (AvgIpc) is 2.29. The summed E-state index contributed by atoms with van der Waals surface area (Å²) in [6, 6.07) is 8.76. The van der Waals surface area contributed by atoms with Crippen molar-refractivity contribution in [3.63, 3.8) is 0 Å². The lowest BCUT2D eigenvalue weighted by atomic mass is 10.0. The van der Waals surface area contributed by atoms with E-state index in [1.165, 1.54) is 11.1 Å². The maximum atomic E-state index is 8.11. The quantitative estimate of drug-likeness (QED) is 0.449. The van der Waals surface area contributed by atoms with E-state index in [9.17, 15) is 0 Å². The highest BCUT2D eigenvalue weighted by Gasteiger charge is 1.98. The van der Waals surface area contributed by atoms with Crippen LogP contribution < -0.4 is 0 Å². The molecule has 0 aliphatic heterocycles. The second-order valence-corrected chi connectivity index (χ2v) is 4.20. The van der Waals surface area contributed by atoms with E-state index in [-0.39, 0.29) is 6.61 Å². The Balaban J connectivity index is 2.37. The van der Waals surface area contributed by atoms with Crippen LogP contribution in [0.4, 0.5) is 0 Å². The monoisotopic (exact) mass is 220 g/mol. The fourth-order valence-corrected chi connectivity index (χ4v) is 1.55. The topological polar surface area (TPSA) is 29.5 Å². The maximum absolute atomic E-state index is 8.11. The lowest BCUT2D eigenvalue weighted by molar-refractivity contribution is -0.231. The highest BCUT2D eigenvalue weighted by atomic mass is 17.1. The first-order chi connectivity index (χ1) is 7.74. The molecule has 0 amide bonds. The molecule has 0 bridgehead atoms. The second-order valence-electron chi connectivity index (χ2n) is 4.20. The average molecular weight is 220 g/mol. The van der Waals surface area contributed by atoms with E-state index in [0.29, 0.717) is 5.92 Å². The van der Waals surface area contributed by atoms with Crippen molar-refractivity contribution in [2.45, 2.75) is 32.6 Å². The zero-order chi connectivity index (χ0) is 11.8. The first-order valence-corrected chi connectivity index (χ1v) is 5.74. The molecule has 1 aromatic rings. The second kappa shape index (κ2) is 7.20. The molecule has 0 aromatic heterocycles. The van der Waals surface area contributed by atoms with Gasteiger partial charge in [-0.1, -0.05) is 50.3 Å². The molecule has 0 saturated carbocycles. The van der Waals surface area contributed by atoms with Gasteiger partial charge in [-0.25, -0.2) is 4.89 Å². The molecule has 0 saturated heterocycles. The number of aryl methyl sites for hydroxylation is 1.